The molecule has 3 heteroatoms. The fourth-order valence-corrected chi connectivity index (χ4v) is 13.8. The number of aryl methyl sites for hydroxylation is 3. The van der Waals surface area contributed by atoms with Crippen LogP contribution in [0.1, 0.15) is 141 Å². The maximum atomic E-state index is 2.86. The average Bonchev–Trinajstić information content (AvgIpc) is 3.38. The largest absolute Gasteiger partial charge is 0.311 e. The lowest BCUT2D eigenvalue weighted by Crippen LogP contribution is -2.61. The van der Waals surface area contributed by atoms with Crippen LogP contribution < -0.4 is 26.2 Å². The van der Waals surface area contributed by atoms with Gasteiger partial charge in [0.25, 0.3) is 6.71 Å². The topological polar surface area (TPSA) is 6.48 Å². The standard InChI is InChI=1S/C63H63BN2/c1-42-34-60-62-61(35-42)66(63-54-28-16-14-26-49(54)36-50-27-15-17-29-55(50)63)59-33-31-48(44-20-8-3-9-21-44)41-57(59)64(62)56-40-47(43-18-6-2-7-19-43)30-32-58(56)65(60)53-38-51(45-22-10-4-11-23-45)37-52(39-53)46-24-12-5-13-25-46/h4-5,10-13,22-25,30-41,43-44H,2-3,6-9,14-21,26-29H2,1H3. The number of nitrogens with zero attached hydrogens (tertiary/aromatic N) is 2. The van der Waals surface area contributed by atoms with Crippen molar-refractivity contribution in [3.8, 4) is 22.3 Å². The van der Waals surface area contributed by atoms with Crippen LogP contribution in [0.15, 0.2) is 133 Å². The number of hydrogen-bond acceptors (Lipinski definition) is 2. The molecule has 0 aromatic heterocycles. The summed E-state index contributed by atoms with van der Waals surface area (Å²) < 4.78 is 0. The molecule has 0 atom stereocenters. The van der Waals surface area contributed by atoms with Crippen LogP contribution in [0.3, 0.4) is 0 Å². The van der Waals surface area contributed by atoms with E-state index in [4.69, 9.17) is 0 Å². The number of rotatable bonds is 6. The molecule has 0 saturated heterocycles. The molecule has 0 radical (unpaired) electrons. The summed E-state index contributed by atoms with van der Waals surface area (Å²) in [6.07, 6.45) is 23.3. The van der Waals surface area contributed by atoms with Gasteiger partial charge in [0, 0.05) is 28.4 Å². The van der Waals surface area contributed by atoms with E-state index < -0.39 is 0 Å². The lowest BCUT2D eigenvalue weighted by molar-refractivity contribution is 0.444. The molecule has 2 nitrogen and oxygen atoms in total. The summed E-state index contributed by atoms with van der Waals surface area (Å²) in [5.74, 6) is 1.26. The Morgan fingerprint density at radius 2 is 0.894 bits per heavy atom. The quantitative estimate of drug-likeness (QED) is 0.154. The van der Waals surface area contributed by atoms with E-state index in [0.717, 1.165) is 0 Å². The van der Waals surface area contributed by atoms with Crippen molar-refractivity contribution in [3.63, 3.8) is 0 Å². The van der Waals surface area contributed by atoms with Gasteiger partial charge >= 0.3 is 0 Å². The van der Waals surface area contributed by atoms with Crippen molar-refractivity contribution < 1.29 is 0 Å². The lowest BCUT2D eigenvalue weighted by atomic mass is 9.33. The van der Waals surface area contributed by atoms with Gasteiger partial charge in [-0.15, -0.1) is 0 Å². The highest BCUT2D eigenvalue weighted by atomic mass is 15.2. The predicted octanol–water partition coefficient (Wildman–Crippen LogP) is 15.3. The molecule has 2 fully saturated rings. The molecule has 2 aliphatic heterocycles. The zero-order valence-electron chi connectivity index (χ0n) is 39.1. The van der Waals surface area contributed by atoms with Gasteiger partial charge in [-0.05, 0) is 216 Å². The first kappa shape index (κ1) is 40.5. The van der Waals surface area contributed by atoms with Gasteiger partial charge in [0.2, 0.25) is 0 Å². The molecule has 328 valence electrons. The summed E-state index contributed by atoms with van der Waals surface area (Å²) in [6, 6.07) is 53.0. The molecule has 13 rings (SSSR count). The highest BCUT2D eigenvalue weighted by Gasteiger charge is 2.45. The Morgan fingerprint density at radius 3 is 1.42 bits per heavy atom. The Bertz CT molecular complexity index is 2880. The van der Waals surface area contributed by atoms with Gasteiger partial charge in [-0.1, -0.05) is 130 Å². The highest BCUT2D eigenvalue weighted by Crippen LogP contribution is 2.51. The van der Waals surface area contributed by atoms with Crippen LogP contribution >= 0.6 is 0 Å². The Labute approximate surface area is 394 Å². The number of anilines is 6. The van der Waals surface area contributed by atoms with Crippen molar-refractivity contribution in [2.75, 3.05) is 9.80 Å². The van der Waals surface area contributed by atoms with Gasteiger partial charge in [-0.3, -0.25) is 0 Å². The lowest BCUT2D eigenvalue weighted by Gasteiger charge is -2.46. The van der Waals surface area contributed by atoms with E-state index in [0.29, 0.717) is 11.8 Å². The fraction of sp³-hybridized carbons (Fsp3) is 0.333. The van der Waals surface area contributed by atoms with E-state index in [1.807, 2.05) is 0 Å². The Hall–Kier alpha value is -5.80. The molecule has 4 aliphatic carbocycles. The van der Waals surface area contributed by atoms with Crippen LogP contribution in [0.4, 0.5) is 34.1 Å². The molecule has 2 heterocycles. The minimum atomic E-state index is 0.140. The first-order chi connectivity index (χ1) is 32.6. The van der Waals surface area contributed by atoms with E-state index in [9.17, 15) is 0 Å². The van der Waals surface area contributed by atoms with Crippen molar-refractivity contribution >= 4 is 57.2 Å². The summed E-state index contributed by atoms with van der Waals surface area (Å²) in [5, 5.41) is 0. The first-order valence-electron chi connectivity index (χ1n) is 26.1. The molecule has 0 amide bonds. The Balaban J connectivity index is 1.12. The predicted molar refractivity (Wildman–Crippen MR) is 281 cm³/mol. The second-order valence-electron chi connectivity index (χ2n) is 21.0. The van der Waals surface area contributed by atoms with Crippen LogP contribution in [0, 0.1) is 6.92 Å². The van der Waals surface area contributed by atoms with Gasteiger partial charge in [0.15, 0.2) is 0 Å². The van der Waals surface area contributed by atoms with E-state index in [-0.39, 0.29) is 6.71 Å². The normalized spacial score (nSPS) is 18.0. The molecule has 0 bridgehead atoms. The van der Waals surface area contributed by atoms with Crippen LogP contribution in [-0.2, 0) is 25.7 Å². The molecule has 7 aromatic carbocycles. The van der Waals surface area contributed by atoms with E-state index in [1.54, 1.807) is 39.1 Å². The maximum Gasteiger partial charge on any atom is 0.252 e. The summed E-state index contributed by atoms with van der Waals surface area (Å²) in [4.78, 5) is 5.56. The second kappa shape index (κ2) is 16.8. The molecule has 6 aliphatic rings. The number of fused-ring (bicyclic) bond motifs is 6. The van der Waals surface area contributed by atoms with Gasteiger partial charge in [0.05, 0.1) is 5.69 Å². The molecule has 0 N–H and O–H groups in total. The van der Waals surface area contributed by atoms with Gasteiger partial charge < -0.3 is 9.80 Å². The van der Waals surface area contributed by atoms with E-state index in [1.165, 1.54) is 188 Å². The van der Waals surface area contributed by atoms with Crippen LogP contribution in [0.2, 0.25) is 0 Å². The average molecular weight is 859 g/mol. The van der Waals surface area contributed by atoms with Crippen LogP contribution in [0.5, 0.6) is 0 Å². The SMILES string of the molecule is Cc1cc2c3c(c1)N(c1c4c(cc5c1CCCC5)CCCC4)c1ccc(C4CCCCC4)cc1B3c1cc(C3CCCCC3)ccc1N2c1cc(-c2ccccc2)cc(-c2ccccc2)c1. The zero-order valence-corrected chi connectivity index (χ0v) is 39.1. The minimum absolute atomic E-state index is 0.140. The zero-order chi connectivity index (χ0) is 43.7. The van der Waals surface area contributed by atoms with Gasteiger partial charge in [0.1, 0.15) is 0 Å². The highest BCUT2D eigenvalue weighted by molar-refractivity contribution is 7.00. The van der Waals surface area contributed by atoms with E-state index in [2.05, 4.69) is 150 Å². The van der Waals surface area contributed by atoms with Crippen molar-refractivity contribution in [3.05, 3.63) is 172 Å². The van der Waals surface area contributed by atoms with Crippen LogP contribution in [0.25, 0.3) is 22.3 Å². The third kappa shape index (κ3) is 6.90. The fourth-order valence-electron chi connectivity index (χ4n) is 13.8. The molecular formula is C63H63BN2. The number of benzene rings is 7. The molecule has 0 spiro atoms. The molecule has 7 aromatic rings. The summed E-state index contributed by atoms with van der Waals surface area (Å²) in [6.45, 7) is 2.50. The van der Waals surface area contributed by atoms with Crippen LogP contribution in [-0.4, -0.2) is 6.71 Å². The molecule has 66 heavy (non-hydrogen) atoms. The second-order valence-corrected chi connectivity index (χ2v) is 21.0. The molecule has 2 saturated carbocycles. The van der Waals surface area contributed by atoms with Crippen molar-refractivity contribution in [2.24, 2.45) is 0 Å². The van der Waals surface area contributed by atoms with Crippen molar-refractivity contribution in [1.29, 1.82) is 0 Å². The minimum Gasteiger partial charge on any atom is -0.311 e. The monoisotopic (exact) mass is 859 g/mol. The summed E-state index contributed by atoms with van der Waals surface area (Å²) in [7, 11) is 0. The summed E-state index contributed by atoms with van der Waals surface area (Å²) in [5.41, 5.74) is 28.7. The Kier molecular flexibility index (Phi) is 10.3. The third-order valence-electron chi connectivity index (χ3n) is 17.0. The summed E-state index contributed by atoms with van der Waals surface area (Å²) >= 11 is 0. The van der Waals surface area contributed by atoms with Crippen molar-refractivity contribution in [2.45, 2.75) is 134 Å². The first-order valence-corrected chi connectivity index (χ1v) is 26.1. The third-order valence-corrected chi connectivity index (χ3v) is 17.0. The maximum absolute atomic E-state index is 2.86. The van der Waals surface area contributed by atoms with Crippen molar-refractivity contribution in [1.82, 2.24) is 0 Å². The number of hydrogen-bond donors (Lipinski definition) is 0. The molecular weight excluding hydrogens is 796 g/mol. The van der Waals surface area contributed by atoms with Gasteiger partial charge in [-0.2, -0.15) is 0 Å². The van der Waals surface area contributed by atoms with Gasteiger partial charge in [-0.25, -0.2) is 0 Å². The molecule has 0 unspecified atom stereocenters. The smallest absolute Gasteiger partial charge is 0.252 e. The Morgan fingerprint density at radius 1 is 0.409 bits per heavy atom. The van der Waals surface area contributed by atoms with E-state index >= 15 is 0 Å².